The van der Waals surface area contributed by atoms with Crippen LogP contribution in [-0.2, 0) is 0 Å². The third kappa shape index (κ3) is 2.11. The summed E-state index contributed by atoms with van der Waals surface area (Å²) < 4.78 is 31.5. The van der Waals surface area contributed by atoms with Gasteiger partial charge in [0.1, 0.15) is 11.6 Å². The van der Waals surface area contributed by atoms with Crippen LogP contribution in [0.5, 0.6) is 0 Å². The summed E-state index contributed by atoms with van der Waals surface area (Å²) in [7, 11) is 1.77. The van der Waals surface area contributed by atoms with Crippen LogP contribution in [0.15, 0.2) is 16.7 Å². The smallest absolute Gasteiger partial charge is 0.266 e. The van der Waals surface area contributed by atoms with Gasteiger partial charge in [0, 0.05) is 19.7 Å². The normalized spacial score (nSPS) is 10.7. The molecule has 0 aliphatic rings. The average Bonchev–Trinajstić information content (AvgIpc) is 2.82. The number of anilines is 2. The first-order valence-corrected chi connectivity index (χ1v) is 5.32. The molecule has 0 saturated carbocycles. The number of benzene rings is 1. The number of nitrogens with zero attached hydrogens (tertiary/aromatic N) is 3. The number of rotatable bonds is 3. The van der Waals surface area contributed by atoms with Crippen molar-refractivity contribution in [2.24, 2.45) is 0 Å². The molecule has 96 valence electrons. The Morgan fingerprint density at radius 2 is 2.06 bits per heavy atom. The van der Waals surface area contributed by atoms with Crippen LogP contribution in [0.4, 0.5) is 20.4 Å². The van der Waals surface area contributed by atoms with Crippen molar-refractivity contribution < 1.29 is 13.3 Å². The average molecular weight is 254 g/mol. The van der Waals surface area contributed by atoms with Crippen molar-refractivity contribution in [3.8, 4) is 11.5 Å². The Balaban J connectivity index is 2.43. The van der Waals surface area contributed by atoms with Gasteiger partial charge >= 0.3 is 0 Å². The fourth-order valence-corrected chi connectivity index (χ4v) is 1.35. The summed E-state index contributed by atoms with van der Waals surface area (Å²) in [5.41, 5.74) is 5.19. The Morgan fingerprint density at radius 3 is 2.72 bits per heavy atom. The fourth-order valence-electron chi connectivity index (χ4n) is 1.35. The van der Waals surface area contributed by atoms with Crippen LogP contribution in [0.2, 0.25) is 0 Å². The molecule has 2 N–H and O–H groups in total. The Bertz CT molecular complexity index is 570. The van der Waals surface area contributed by atoms with Gasteiger partial charge in [-0.1, -0.05) is 0 Å². The van der Waals surface area contributed by atoms with Gasteiger partial charge in [0.05, 0.1) is 11.3 Å². The van der Waals surface area contributed by atoms with Crippen LogP contribution >= 0.6 is 0 Å². The van der Waals surface area contributed by atoms with E-state index in [-0.39, 0.29) is 17.1 Å². The minimum Gasteiger partial charge on any atom is -0.396 e. The van der Waals surface area contributed by atoms with Crippen LogP contribution in [0.3, 0.4) is 0 Å². The van der Waals surface area contributed by atoms with Gasteiger partial charge in [-0.2, -0.15) is 4.98 Å². The Hall–Kier alpha value is -2.18. The summed E-state index contributed by atoms with van der Waals surface area (Å²) in [6.45, 7) is 2.58. The van der Waals surface area contributed by atoms with Crippen LogP contribution in [0, 0.1) is 11.6 Å². The first-order chi connectivity index (χ1) is 8.52. The van der Waals surface area contributed by atoms with E-state index in [1.807, 2.05) is 6.92 Å². The SMILES string of the molecule is CCN(C)c1noc(-c2cc(N)c(F)cc2F)n1. The molecule has 2 aromatic rings. The maximum Gasteiger partial charge on any atom is 0.266 e. The Labute approximate surface area is 102 Å². The van der Waals surface area contributed by atoms with E-state index in [1.165, 1.54) is 0 Å². The molecule has 1 aromatic heterocycles. The van der Waals surface area contributed by atoms with Crippen molar-refractivity contribution in [2.75, 3.05) is 24.2 Å². The highest BCUT2D eigenvalue weighted by Gasteiger charge is 2.17. The maximum absolute atomic E-state index is 13.6. The maximum atomic E-state index is 13.6. The second-order valence-electron chi connectivity index (χ2n) is 3.77. The van der Waals surface area contributed by atoms with Crippen molar-refractivity contribution in [1.82, 2.24) is 10.1 Å². The standard InChI is InChI=1S/C11H12F2N4O/c1-3-17(2)11-15-10(18-16-11)6-4-9(14)8(13)5-7(6)12/h4-5H,3,14H2,1-2H3. The van der Waals surface area contributed by atoms with E-state index in [9.17, 15) is 8.78 Å². The lowest BCUT2D eigenvalue weighted by atomic mass is 10.2. The predicted octanol–water partition coefficient (Wildman–Crippen LogP) is 2.05. The molecule has 0 unspecified atom stereocenters. The molecule has 7 heteroatoms. The zero-order valence-corrected chi connectivity index (χ0v) is 9.94. The van der Waals surface area contributed by atoms with Gasteiger partial charge in [0.2, 0.25) is 0 Å². The van der Waals surface area contributed by atoms with E-state index in [1.54, 1.807) is 11.9 Å². The molecule has 1 heterocycles. The van der Waals surface area contributed by atoms with Crippen LogP contribution in [-0.4, -0.2) is 23.7 Å². The summed E-state index contributed by atoms with van der Waals surface area (Å²) in [4.78, 5) is 5.73. The summed E-state index contributed by atoms with van der Waals surface area (Å²) in [5, 5.41) is 3.70. The van der Waals surface area contributed by atoms with Crippen molar-refractivity contribution in [2.45, 2.75) is 6.92 Å². The van der Waals surface area contributed by atoms with E-state index in [4.69, 9.17) is 10.3 Å². The van der Waals surface area contributed by atoms with E-state index in [2.05, 4.69) is 10.1 Å². The summed E-state index contributed by atoms with van der Waals surface area (Å²) in [6, 6.07) is 1.83. The summed E-state index contributed by atoms with van der Waals surface area (Å²) >= 11 is 0. The number of nitrogen functional groups attached to an aromatic ring is 1. The Morgan fingerprint density at radius 1 is 1.33 bits per heavy atom. The van der Waals surface area contributed by atoms with Crippen LogP contribution in [0.25, 0.3) is 11.5 Å². The molecule has 0 radical (unpaired) electrons. The Kier molecular flexibility index (Phi) is 3.14. The second-order valence-corrected chi connectivity index (χ2v) is 3.77. The largest absolute Gasteiger partial charge is 0.396 e. The molecule has 5 nitrogen and oxygen atoms in total. The monoisotopic (exact) mass is 254 g/mol. The van der Waals surface area contributed by atoms with E-state index in [0.717, 1.165) is 6.07 Å². The quantitative estimate of drug-likeness (QED) is 0.849. The lowest BCUT2D eigenvalue weighted by Gasteiger charge is -2.08. The fraction of sp³-hybridized carbons (Fsp3) is 0.273. The molecule has 0 fully saturated rings. The van der Waals surface area contributed by atoms with Crippen molar-refractivity contribution in [3.05, 3.63) is 23.8 Å². The minimum absolute atomic E-state index is 0.0165. The van der Waals surface area contributed by atoms with Crippen molar-refractivity contribution >= 4 is 11.6 Å². The van der Waals surface area contributed by atoms with Gasteiger partial charge in [-0.05, 0) is 18.1 Å². The highest BCUT2D eigenvalue weighted by Crippen LogP contribution is 2.26. The van der Waals surface area contributed by atoms with E-state index >= 15 is 0 Å². The molecular weight excluding hydrogens is 242 g/mol. The number of halogens is 2. The van der Waals surface area contributed by atoms with Gasteiger partial charge in [-0.15, -0.1) is 0 Å². The van der Waals surface area contributed by atoms with Gasteiger partial charge in [-0.3, -0.25) is 0 Å². The molecule has 0 saturated heterocycles. The lowest BCUT2D eigenvalue weighted by molar-refractivity contribution is 0.427. The molecule has 0 spiro atoms. The number of hydrogen-bond acceptors (Lipinski definition) is 5. The van der Waals surface area contributed by atoms with Gasteiger partial charge in [0.25, 0.3) is 11.8 Å². The molecule has 2 rings (SSSR count). The highest BCUT2D eigenvalue weighted by molar-refractivity contribution is 5.61. The first-order valence-electron chi connectivity index (χ1n) is 5.32. The molecule has 0 bridgehead atoms. The summed E-state index contributed by atoms with van der Waals surface area (Å²) in [5.74, 6) is -1.32. The lowest BCUT2D eigenvalue weighted by Crippen LogP contribution is -2.16. The summed E-state index contributed by atoms with van der Waals surface area (Å²) in [6.07, 6.45) is 0. The third-order valence-corrected chi connectivity index (χ3v) is 2.55. The van der Waals surface area contributed by atoms with Gasteiger partial charge in [0.15, 0.2) is 0 Å². The number of hydrogen-bond donors (Lipinski definition) is 1. The van der Waals surface area contributed by atoms with E-state index < -0.39 is 11.6 Å². The number of aromatic nitrogens is 2. The van der Waals surface area contributed by atoms with Gasteiger partial charge < -0.3 is 15.2 Å². The molecular formula is C11H12F2N4O. The molecule has 0 amide bonds. The van der Waals surface area contributed by atoms with Gasteiger partial charge in [-0.25, -0.2) is 8.78 Å². The van der Waals surface area contributed by atoms with E-state index in [0.29, 0.717) is 18.6 Å². The predicted molar refractivity (Wildman–Crippen MR) is 63.0 cm³/mol. The third-order valence-electron chi connectivity index (χ3n) is 2.55. The minimum atomic E-state index is -0.818. The van der Waals surface area contributed by atoms with Crippen LogP contribution < -0.4 is 10.6 Å². The van der Waals surface area contributed by atoms with Crippen LogP contribution in [0.1, 0.15) is 6.92 Å². The highest BCUT2D eigenvalue weighted by atomic mass is 19.1. The van der Waals surface area contributed by atoms with Crippen molar-refractivity contribution in [3.63, 3.8) is 0 Å². The molecule has 0 atom stereocenters. The van der Waals surface area contributed by atoms with Crippen molar-refractivity contribution in [1.29, 1.82) is 0 Å². The molecule has 1 aromatic carbocycles. The zero-order chi connectivity index (χ0) is 13.3. The molecule has 18 heavy (non-hydrogen) atoms. The molecule has 0 aliphatic carbocycles. The topological polar surface area (TPSA) is 68.2 Å². The molecule has 0 aliphatic heterocycles. The zero-order valence-electron chi connectivity index (χ0n) is 9.94. The number of nitrogens with two attached hydrogens (primary N) is 1. The second kappa shape index (κ2) is 4.59. The first kappa shape index (κ1) is 12.3.